The minimum absolute atomic E-state index is 0.0208. The molecule has 0 radical (unpaired) electrons. The third kappa shape index (κ3) is 3.65. The van der Waals surface area contributed by atoms with E-state index in [0.29, 0.717) is 16.1 Å². The summed E-state index contributed by atoms with van der Waals surface area (Å²) in [7, 11) is -2.44. The number of benzene rings is 2. The van der Waals surface area contributed by atoms with Gasteiger partial charge in [-0.2, -0.15) is 0 Å². The number of hydrogen-bond donors (Lipinski definition) is 1. The number of aromatic hydroxyl groups is 1. The van der Waals surface area contributed by atoms with Crippen LogP contribution >= 0.6 is 11.6 Å². The monoisotopic (exact) mass is 354 g/mol. The number of esters is 1. The minimum atomic E-state index is -3.63. The SMILES string of the molecule is COC(=O)c1ccc(CS(=O)(=O)c2cccc(Cl)c2C)cc1O. The largest absolute Gasteiger partial charge is 0.507 e. The van der Waals surface area contributed by atoms with Gasteiger partial charge in [-0.25, -0.2) is 13.2 Å². The summed E-state index contributed by atoms with van der Waals surface area (Å²) in [6, 6.07) is 8.70. The fraction of sp³-hybridized carbons (Fsp3) is 0.188. The molecule has 2 aromatic carbocycles. The van der Waals surface area contributed by atoms with Crippen LogP contribution in [0.1, 0.15) is 21.5 Å². The van der Waals surface area contributed by atoms with Crippen molar-refractivity contribution in [1.29, 1.82) is 0 Å². The smallest absolute Gasteiger partial charge is 0.341 e. The lowest BCUT2D eigenvalue weighted by molar-refractivity contribution is 0.0597. The zero-order chi connectivity index (χ0) is 17.2. The molecule has 0 aliphatic carbocycles. The fourth-order valence-electron chi connectivity index (χ4n) is 2.17. The lowest BCUT2D eigenvalue weighted by Gasteiger charge is -2.10. The second-order valence-corrected chi connectivity index (χ2v) is 7.33. The minimum Gasteiger partial charge on any atom is -0.507 e. The van der Waals surface area contributed by atoms with Crippen LogP contribution in [0.3, 0.4) is 0 Å². The number of carbonyl (C=O) groups excluding carboxylic acids is 1. The Morgan fingerprint density at radius 2 is 1.96 bits per heavy atom. The molecule has 0 aliphatic rings. The number of rotatable bonds is 4. The van der Waals surface area contributed by atoms with Gasteiger partial charge in [0.05, 0.1) is 17.8 Å². The van der Waals surface area contributed by atoms with Crippen LogP contribution in [0.15, 0.2) is 41.3 Å². The average molecular weight is 355 g/mol. The number of methoxy groups -OCH3 is 1. The van der Waals surface area contributed by atoms with Gasteiger partial charge in [0.1, 0.15) is 11.3 Å². The zero-order valence-electron chi connectivity index (χ0n) is 12.5. The number of hydrogen-bond acceptors (Lipinski definition) is 5. The number of phenolic OH excluding ortho intramolecular Hbond substituents is 1. The van der Waals surface area contributed by atoms with Gasteiger partial charge in [-0.1, -0.05) is 23.7 Å². The van der Waals surface area contributed by atoms with E-state index in [0.717, 1.165) is 0 Å². The maximum atomic E-state index is 12.5. The first kappa shape index (κ1) is 17.3. The highest BCUT2D eigenvalue weighted by Crippen LogP contribution is 2.27. The molecule has 1 N–H and O–H groups in total. The number of phenols is 1. The molecule has 0 atom stereocenters. The van der Waals surface area contributed by atoms with Crippen LogP contribution in [0.5, 0.6) is 5.75 Å². The standard InChI is InChI=1S/C16H15ClO5S/c1-10-13(17)4-3-5-15(10)23(20,21)9-11-6-7-12(14(18)8-11)16(19)22-2/h3-8,18H,9H2,1-2H3. The van der Waals surface area contributed by atoms with Crippen LogP contribution in [0.25, 0.3) is 0 Å². The third-order valence-corrected chi connectivity index (χ3v) is 5.61. The number of halogens is 1. The first-order valence-electron chi connectivity index (χ1n) is 6.64. The number of ether oxygens (including phenoxy) is 1. The molecule has 0 bridgehead atoms. The Bertz CT molecular complexity index is 859. The Balaban J connectivity index is 2.36. The summed E-state index contributed by atoms with van der Waals surface area (Å²) >= 11 is 5.96. The summed E-state index contributed by atoms with van der Waals surface area (Å²) < 4.78 is 29.6. The Labute approximate surface area is 139 Å². The molecule has 122 valence electrons. The molecule has 0 spiro atoms. The lowest BCUT2D eigenvalue weighted by atomic mass is 10.1. The van der Waals surface area contributed by atoms with Gasteiger partial charge in [0.25, 0.3) is 0 Å². The van der Waals surface area contributed by atoms with Crippen LogP contribution < -0.4 is 0 Å². The molecule has 0 unspecified atom stereocenters. The van der Waals surface area contributed by atoms with Gasteiger partial charge in [-0.05, 0) is 42.3 Å². The normalized spacial score (nSPS) is 11.3. The van der Waals surface area contributed by atoms with Crippen molar-refractivity contribution in [3.63, 3.8) is 0 Å². The van der Waals surface area contributed by atoms with E-state index in [1.54, 1.807) is 19.1 Å². The Kier molecular flexibility index (Phi) is 4.97. The predicted octanol–water partition coefficient (Wildman–Crippen LogP) is 3.11. The maximum absolute atomic E-state index is 12.5. The molecular weight excluding hydrogens is 340 g/mol. The van der Waals surface area contributed by atoms with E-state index in [1.165, 1.54) is 31.4 Å². The van der Waals surface area contributed by atoms with Gasteiger partial charge in [-0.15, -0.1) is 0 Å². The van der Waals surface area contributed by atoms with E-state index in [4.69, 9.17) is 11.6 Å². The van der Waals surface area contributed by atoms with Crippen LogP contribution in [0.2, 0.25) is 5.02 Å². The topological polar surface area (TPSA) is 80.7 Å². The molecule has 0 saturated heterocycles. The summed E-state index contributed by atoms with van der Waals surface area (Å²) in [4.78, 5) is 11.6. The molecule has 2 rings (SSSR count). The quantitative estimate of drug-likeness (QED) is 0.853. The number of carbonyl (C=O) groups is 1. The van der Waals surface area contributed by atoms with E-state index < -0.39 is 15.8 Å². The highest BCUT2D eigenvalue weighted by Gasteiger charge is 2.20. The van der Waals surface area contributed by atoms with Gasteiger partial charge in [-0.3, -0.25) is 0 Å². The molecule has 0 amide bonds. The van der Waals surface area contributed by atoms with Gasteiger partial charge in [0.15, 0.2) is 9.84 Å². The molecule has 7 heteroatoms. The highest BCUT2D eigenvalue weighted by atomic mass is 35.5. The molecule has 0 aromatic heterocycles. The predicted molar refractivity (Wildman–Crippen MR) is 86.5 cm³/mol. The van der Waals surface area contributed by atoms with Crippen molar-refractivity contribution in [1.82, 2.24) is 0 Å². The molecule has 0 heterocycles. The Hall–Kier alpha value is -2.05. The summed E-state index contributed by atoms with van der Waals surface area (Å²) in [6.45, 7) is 1.63. The summed E-state index contributed by atoms with van der Waals surface area (Å²) in [5, 5.41) is 10.2. The lowest BCUT2D eigenvalue weighted by Crippen LogP contribution is -2.08. The molecule has 2 aromatic rings. The van der Waals surface area contributed by atoms with Crippen molar-refractivity contribution in [3.05, 3.63) is 58.1 Å². The van der Waals surface area contributed by atoms with Crippen LogP contribution in [-0.4, -0.2) is 26.6 Å². The fourth-order valence-corrected chi connectivity index (χ4v) is 4.04. The highest BCUT2D eigenvalue weighted by molar-refractivity contribution is 7.90. The van der Waals surface area contributed by atoms with Crippen molar-refractivity contribution >= 4 is 27.4 Å². The second kappa shape index (κ2) is 6.60. The Morgan fingerprint density at radius 3 is 2.57 bits per heavy atom. The molecule has 23 heavy (non-hydrogen) atoms. The van der Waals surface area contributed by atoms with Gasteiger partial charge < -0.3 is 9.84 Å². The van der Waals surface area contributed by atoms with E-state index in [2.05, 4.69) is 4.74 Å². The Morgan fingerprint density at radius 1 is 1.26 bits per heavy atom. The van der Waals surface area contributed by atoms with Crippen molar-refractivity contribution in [2.45, 2.75) is 17.6 Å². The van der Waals surface area contributed by atoms with Crippen molar-refractivity contribution in [2.24, 2.45) is 0 Å². The zero-order valence-corrected chi connectivity index (χ0v) is 14.1. The number of sulfone groups is 1. The van der Waals surface area contributed by atoms with Crippen LogP contribution in [0, 0.1) is 6.92 Å². The van der Waals surface area contributed by atoms with Crippen LogP contribution in [0.4, 0.5) is 0 Å². The van der Waals surface area contributed by atoms with Crippen molar-refractivity contribution < 1.29 is 23.1 Å². The first-order chi connectivity index (χ1) is 10.8. The average Bonchev–Trinajstić information content (AvgIpc) is 2.48. The second-order valence-electron chi connectivity index (χ2n) is 4.97. The molecule has 0 fully saturated rings. The van der Waals surface area contributed by atoms with Crippen LogP contribution in [-0.2, 0) is 20.3 Å². The van der Waals surface area contributed by atoms with E-state index in [9.17, 15) is 18.3 Å². The molecule has 0 saturated carbocycles. The summed E-state index contributed by atoms with van der Waals surface area (Å²) in [5.74, 6) is -1.33. The van der Waals surface area contributed by atoms with E-state index >= 15 is 0 Å². The first-order valence-corrected chi connectivity index (χ1v) is 8.67. The van der Waals surface area contributed by atoms with Gasteiger partial charge in [0, 0.05) is 5.02 Å². The molecule has 5 nitrogen and oxygen atoms in total. The molecular formula is C16H15ClO5S. The maximum Gasteiger partial charge on any atom is 0.341 e. The third-order valence-electron chi connectivity index (χ3n) is 3.38. The van der Waals surface area contributed by atoms with Gasteiger partial charge >= 0.3 is 5.97 Å². The van der Waals surface area contributed by atoms with E-state index in [-0.39, 0.29) is 22.0 Å². The van der Waals surface area contributed by atoms with Gasteiger partial charge in [0.2, 0.25) is 0 Å². The van der Waals surface area contributed by atoms with E-state index in [1.807, 2.05) is 0 Å². The van der Waals surface area contributed by atoms with Crippen molar-refractivity contribution in [2.75, 3.05) is 7.11 Å². The summed E-state index contributed by atoms with van der Waals surface area (Å²) in [6.07, 6.45) is 0. The molecule has 0 aliphatic heterocycles. The van der Waals surface area contributed by atoms with Crippen molar-refractivity contribution in [3.8, 4) is 5.75 Å². The summed E-state index contributed by atoms with van der Waals surface area (Å²) in [5.41, 5.74) is 0.812.